The highest BCUT2D eigenvalue weighted by Crippen LogP contribution is 2.24. The van der Waals surface area contributed by atoms with Crippen LogP contribution in [0.15, 0.2) is 36.5 Å². The van der Waals surface area contributed by atoms with Gasteiger partial charge in [0, 0.05) is 17.5 Å². The smallest absolute Gasteiger partial charge is 0.0704 e. The minimum atomic E-state index is 0.379. The third-order valence-electron chi connectivity index (χ3n) is 2.45. The molecule has 0 radical (unpaired) electrons. The van der Waals surface area contributed by atoms with E-state index in [9.17, 15) is 0 Å². The Morgan fingerprint density at radius 1 is 1.29 bits per heavy atom. The maximum absolute atomic E-state index is 5.87. The van der Waals surface area contributed by atoms with Crippen LogP contribution >= 0.6 is 11.6 Å². The molecule has 1 heterocycles. The third-order valence-corrected chi connectivity index (χ3v) is 2.91. The molecule has 2 aromatic rings. The molecule has 0 N–H and O–H groups in total. The molecule has 0 aliphatic heterocycles. The van der Waals surface area contributed by atoms with E-state index in [1.165, 1.54) is 10.9 Å². The summed E-state index contributed by atoms with van der Waals surface area (Å²) in [5.41, 5.74) is 2.33. The van der Waals surface area contributed by atoms with Gasteiger partial charge in [0.05, 0.1) is 5.52 Å². The summed E-state index contributed by atoms with van der Waals surface area (Å²) >= 11 is 5.87. The van der Waals surface area contributed by atoms with Crippen molar-refractivity contribution in [2.45, 2.75) is 12.8 Å². The monoisotopic (exact) mass is 205 g/mol. The molecule has 0 aliphatic rings. The Morgan fingerprint density at radius 3 is 2.86 bits per heavy atom. The molecule has 0 unspecified atom stereocenters. The third kappa shape index (κ3) is 1.60. The average molecular weight is 206 g/mol. The predicted octanol–water partition coefficient (Wildman–Crippen LogP) is 3.58. The van der Waals surface area contributed by atoms with Crippen LogP contribution in [0.3, 0.4) is 0 Å². The fourth-order valence-electron chi connectivity index (χ4n) is 1.63. The quantitative estimate of drug-likeness (QED) is 0.683. The molecule has 0 aliphatic carbocycles. The molecule has 1 aromatic heterocycles. The molecule has 0 saturated heterocycles. The van der Waals surface area contributed by atoms with Gasteiger partial charge in [-0.05, 0) is 23.6 Å². The van der Waals surface area contributed by atoms with E-state index in [2.05, 4.69) is 24.0 Å². The molecular formula is C12H12ClN. The van der Waals surface area contributed by atoms with Crippen LogP contribution in [0, 0.1) is 0 Å². The van der Waals surface area contributed by atoms with Gasteiger partial charge in [-0.15, -0.1) is 11.6 Å². The van der Waals surface area contributed by atoms with E-state index in [0.717, 1.165) is 5.52 Å². The van der Waals surface area contributed by atoms with Gasteiger partial charge in [0.1, 0.15) is 0 Å². The van der Waals surface area contributed by atoms with Crippen LogP contribution in [0.25, 0.3) is 10.9 Å². The van der Waals surface area contributed by atoms with E-state index >= 15 is 0 Å². The first-order chi connectivity index (χ1) is 6.83. The second kappa shape index (κ2) is 3.97. The first-order valence-corrected chi connectivity index (χ1v) is 5.26. The number of nitrogens with zero attached hydrogens (tertiary/aromatic N) is 1. The topological polar surface area (TPSA) is 12.9 Å². The first kappa shape index (κ1) is 9.47. The molecule has 1 atom stereocenters. The normalized spacial score (nSPS) is 13.0. The van der Waals surface area contributed by atoms with Crippen LogP contribution < -0.4 is 0 Å². The Hall–Kier alpha value is -1.08. The standard InChI is InChI=1S/C12H12ClN/c1-9(8-13)10-6-7-14-12-5-3-2-4-11(10)12/h2-7,9H,8H2,1H3/t9-/m0/s1. The van der Waals surface area contributed by atoms with E-state index < -0.39 is 0 Å². The number of hydrogen-bond donors (Lipinski definition) is 0. The second-order valence-electron chi connectivity index (χ2n) is 3.47. The van der Waals surface area contributed by atoms with E-state index in [1.807, 2.05) is 24.4 Å². The maximum atomic E-state index is 5.87. The number of aromatic nitrogens is 1. The number of halogens is 1. The lowest BCUT2D eigenvalue weighted by molar-refractivity contribution is 0.883. The van der Waals surface area contributed by atoms with E-state index in [-0.39, 0.29) is 0 Å². The van der Waals surface area contributed by atoms with Crippen molar-refractivity contribution in [3.8, 4) is 0 Å². The van der Waals surface area contributed by atoms with Crippen molar-refractivity contribution in [2.75, 3.05) is 5.88 Å². The van der Waals surface area contributed by atoms with Crippen LogP contribution in [0.4, 0.5) is 0 Å². The van der Waals surface area contributed by atoms with Gasteiger partial charge < -0.3 is 0 Å². The van der Waals surface area contributed by atoms with Crippen molar-refractivity contribution in [3.63, 3.8) is 0 Å². The lowest BCUT2D eigenvalue weighted by atomic mass is 9.99. The van der Waals surface area contributed by atoms with Crippen LogP contribution in [0.1, 0.15) is 18.4 Å². The fourth-order valence-corrected chi connectivity index (χ4v) is 1.80. The van der Waals surface area contributed by atoms with Crippen LogP contribution in [-0.4, -0.2) is 10.9 Å². The molecule has 0 spiro atoms. The molecule has 0 amide bonds. The highest BCUT2D eigenvalue weighted by molar-refractivity contribution is 6.18. The van der Waals surface area contributed by atoms with Crippen molar-refractivity contribution >= 4 is 22.5 Å². The van der Waals surface area contributed by atoms with Crippen molar-refractivity contribution < 1.29 is 0 Å². The lowest BCUT2D eigenvalue weighted by Crippen LogP contribution is -1.96. The number of alkyl halides is 1. The van der Waals surface area contributed by atoms with E-state index in [0.29, 0.717) is 11.8 Å². The molecule has 2 rings (SSSR count). The molecule has 0 saturated carbocycles. The van der Waals surface area contributed by atoms with Gasteiger partial charge in [-0.2, -0.15) is 0 Å². The number of para-hydroxylation sites is 1. The predicted molar refractivity (Wildman–Crippen MR) is 60.9 cm³/mol. The zero-order valence-electron chi connectivity index (χ0n) is 8.07. The van der Waals surface area contributed by atoms with Crippen molar-refractivity contribution in [3.05, 3.63) is 42.1 Å². The molecule has 1 aromatic carbocycles. The summed E-state index contributed by atoms with van der Waals surface area (Å²) in [7, 11) is 0. The second-order valence-corrected chi connectivity index (χ2v) is 3.78. The van der Waals surface area contributed by atoms with E-state index in [4.69, 9.17) is 11.6 Å². The summed E-state index contributed by atoms with van der Waals surface area (Å²) < 4.78 is 0. The number of benzene rings is 1. The van der Waals surface area contributed by atoms with Gasteiger partial charge >= 0.3 is 0 Å². The van der Waals surface area contributed by atoms with Gasteiger partial charge in [-0.3, -0.25) is 4.98 Å². The van der Waals surface area contributed by atoms with Crippen LogP contribution in [-0.2, 0) is 0 Å². The van der Waals surface area contributed by atoms with Gasteiger partial charge in [0.15, 0.2) is 0 Å². The summed E-state index contributed by atoms with van der Waals surface area (Å²) in [6, 6.07) is 10.2. The average Bonchev–Trinajstić information content (AvgIpc) is 2.27. The molecule has 0 bridgehead atoms. The summed E-state index contributed by atoms with van der Waals surface area (Å²) in [6.07, 6.45) is 1.85. The summed E-state index contributed by atoms with van der Waals surface area (Å²) in [4.78, 5) is 4.32. The van der Waals surface area contributed by atoms with Crippen molar-refractivity contribution in [1.82, 2.24) is 4.98 Å². The maximum Gasteiger partial charge on any atom is 0.0704 e. The molecule has 1 nitrogen and oxygen atoms in total. The van der Waals surface area contributed by atoms with Gasteiger partial charge in [0.2, 0.25) is 0 Å². The van der Waals surface area contributed by atoms with Gasteiger partial charge in [-0.1, -0.05) is 25.1 Å². The SMILES string of the molecule is C[C@@H](CCl)c1ccnc2ccccc12. The highest BCUT2D eigenvalue weighted by Gasteiger charge is 2.07. The number of pyridine rings is 1. The highest BCUT2D eigenvalue weighted by atomic mass is 35.5. The van der Waals surface area contributed by atoms with Crippen molar-refractivity contribution in [1.29, 1.82) is 0 Å². The summed E-state index contributed by atoms with van der Waals surface area (Å²) in [5.74, 6) is 1.03. The number of fused-ring (bicyclic) bond motifs is 1. The summed E-state index contributed by atoms with van der Waals surface area (Å²) in [5, 5.41) is 1.21. The fraction of sp³-hybridized carbons (Fsp3) is 0.250. The minimum absolute atomic E-state index is 0.379. The van der Waals surface area contributed by atoms with E-state index in [1.54, 1.807) is 0 Å². The zero-order valence-corrected chi connectivity index (χ0v) is 8.83. The van der Waals surface area contributed by atoms with Crippen molar-refractivity contribution in [2.24, 2.45) is 0 Å². The lowest BCUT2D eigenvalue weighted by Gasteiger charge is -2.10. The Kier molecular flexibility index (Phi) is 2.69. The largest absolute Gasteiger partial charge is 0.256 e. The first-order valence-electron chi connectivity index (χ1n) is 4.72. The summed E-state index contributed by atoms with van der Waals surface area (Å²) in [6.45, 7) is 2.13. The Labute approximate surface area is 88.7 Å². The number of rotatable bonds is 2. The van der Waals surface area contributed by atoms with Gasteiger partial charge in [0.25, 0.3) is 0 Å². The number of hydrogen-bond acceptors (Lipinski definition) is 1. The Bertz CT molecular complexity index is 434. The molecule has 72 valence electrons. The van der Waals surface area contributed by atoms with Gasteiger partial charge in [-0.25, -0.2) is 0 Å². The molecule has 0 fully saturated rings. The van der Waals surface area contributed by atoms with Crippen LogP contribution in [0.2, 0.25) is 0 Å². The molecule has 2 heteroatoms. The van der Waals surface area contributed by atoms with Crippen LogP contribution in [0.5, 0.6) is 0 Å². The Balaban J connectivity index is 2.65. The zero-order chi connectivity index (χ0) is 9.97. The molecular weight excluding hydrogens is 194 g/mol. The molecule has 14 heavy (non-hydrogen) atoms. The Morgan fingerprint density at radius 2 is 2.07 bits per heavy atom. The minimum Gasteiger partial charge on any atom is -0.256 e.